The number of nitrogens with one attached hydrogen (secondary N) is 1. The molecule has 8 heteroatoms. The van der Waals surface area contributed by atoms with Gasteiger partial charge < -0.3 is 20.1 Å². The van der Waals surface area contributed by atoms with Crippen molar-refractivity contribution < 1.29 is 24.3 Å². The SMILES string of the molecule is CCN1CCN(C(=O)NC(C=O)c2ccc(O)cc2)C(=O)C1=O. The topological polar surface area (TPSA) is 107 Å². The van der Waals surface area contributed by atoms with Crippen LogP contribution in [0.25, 0.3) is 0 Å². The summed E-state index contributed by atoms with van der Waals surface area (Å²) in [6.07, 6.45) is 0.513. The molecule has 0 bridgehead atoms. The number of rotatable bonds is 4. The Morgan fingerprint density at radius 2 is 1.91 bits per heavy atom. The van der Waals surface area contributed by atoms with Crippen molar-refractivity contribution in [1.82, 2.24) is 15.1 Å². The number of carbonyl (C=O) groups is 4. The lowest BCUT2D eigenvalue weighted by Crippen LogP contribution is -2.58. The summed E-state index contributed by atoms with van der Waals surface area (Å²) < 4.78 is 0. The fourth-order valence-electron chi connectivity index (χ4n) is 2.26. The maximum atomic E-state index is 12.2. The van der Waals surface area contributed by atoms with E-state index in [2.05, 4.69) is 5.32 Å². The second-order valence-corrected chi connectivity index (χ2v) is 5.00. The maximum absolute atomic E-state index is 12.2. The fraction of sp³-hybridized carbons (Fsp3) is 0.333. The number of hydrogen-bond acceptors (Lipinski definition) is 5. The monoisotopic (exact) mass is 319 g/mol. The Morgan fingerprint density at radius 3 is 2.48 bits per heavy atom. The van der Waals surface area contributed by atoms with Crippen molar-refractivity contribution in [1.29, 1.82) is 0 Å². The zero-order chi connectivity index (χ0) is 17.0. The predicted octanol–water partition coefficient (Wildman–Crippen LogP) is 0.0325. The lowest BCUT2D eigenvalue weighted by Gasteiger charge is -2.32. The van der Waals surface area contributed by atoms with Crippen molar-refractivity contribution >= 4 is 24.1 Å². The van der Waals surface area contributed by atoms with Crippen molar-refractivity contribution in [2.45, 2.75) is 13.0 Å². The van der Waals surface area contributed by atoms with Crippen molar-refractivity contribution in [3.8, 4) is 5.75 Å². The lowest BCUT2D eigenvalue weighted by atomic mass is 10.1. The van der Waals surface area contributed by atoms with Crippen LogP contribution in [0.3, 0.4) is 0 Å². The number of phenols is 1. The molecule has 1 unspecified atom stereocenters. The minimum absolute atomic E-state index is 0.0289. The summed E-state index contributed by atoms with van der Waals surface area (Å²) in [5.74, 6) is -1.62. The molecule has 2 rings (SSSR count). The number of benzene rings is 1. The van der Waals surface area contributed by atoms with Crippen LogP contribution in [0.2, 0.25) is 0 Å². The van der Waals surface area contributed by atoms with Gasteiger partial charge in [-0.2, -0.15) is 0 Å². The molecule has 0 aliphatic carbocycles. The molecule has 23 heavy (non-hydrogen) atoms. The number of hydrogen-bond donors (Lipinski definition) is 2. The summed E-state index contributed by atoms with van der Waals surface area (Å²) >= 11 is 0. The van der Waals surface area contributed by atoms with E-state index >= 15 is 0 Å². The average Bonchev–Trinajstić information content (AvgIpc) is 2.55. The molecule has 0 spiro atoms. The van der Waals surface area contributed by atoms with E-state index in [1.807, 2.05) is 0 Å². The number of aromatic hydroxyl groups is 1. The Kier molecular flexibility index (Phi) is 4.95. The first-order chi connectivity index (χ1) is 11.0. The molecule has 1 aromatic carbocycles. The first-order valence-electron chi connectivity index (χ1n) is 7.13. The van der Waals surface area contributed by atoms with E-state index in [0.717, 1.165) is 4.90 Å². The number of urea groups is 1. The van der Waals surface area contributed by atoms with E-state index in [-0.39, 0.29) is 18.8 Å². The van der Waals surface area contributed by atoms with Gasteiger partial charge in [-0.15, -0.1) is 0 Å². The molecular formula is C15H17N3O5. The molecule has 1 fully saturated rings. The lowest BCUT2D eigenvalue weighted by molar-refractivity contribution is -0.153. The molecule has 4 amide bonds. The van der Waals surface area contributed by atoms with Crippen LogP contribution in [-0.2, 0) is 14.4 Å². The summed E-state index contributed by atoms with van der Waals surface area (Å²) in [4.78, 5) is 49.2. The Balaban J connectivity index is 2.08. The van der Waals surface area contributed by atoms with E-state index in [9.17, 15) is 24.3 Å². The molecular weight excluding hydrogens is 302 g/mol. The molecule has 0 aromatic heterocycles. The second-order valence-electron chi connectivity index (χ2n) is 5.00. The third-order valence-electron chi connectivity index (χ3n) is 3.60. The highest BCUT2D eigenvalue weighted by molar-refractivity contribution is 6.38. The molecule has 1 saturated heterocycles. The van der Waals surface area contributed by atoms with Gasteiger partial charge in [-0.3, -0.25) is 14.5 Å². The average molecular weight is 319 g/mol. The second kappa shape index (κ2) is 6.91. The summed E-state index contributed by atoms with van der Waals surface area (Å²) in [6.45, 7) is 2.48. The number of phenolic OH excluding ortho intramolecular Hbond substituents is 1. The molecule has 1 atom stereocenters. The quantitative estimate of drug-likeness (QED) is 0.601. The molecule has 0 radical (unpaired) electrons. The van der Waals surface area contributed by atoms with Crippen LogP contribution >= 0.6 is 0 Å². The number of nitrogens with zero attached hydrogens (tertiary/aromatic N) is 2. The smallest absolute Gasteiger partial charge is 0.325 e. The first-order valence-corrected chi connectivity index (χ1v) is 7.13. The highest BCUT2D eigenvalue weighted by Gasteiger charge is 2.36. The van der Waals surface area contributed by atoms with Crippen molar-refractivity contribution in [2.24, 2.45) is 0 Å². The Morgan fingerprint density at radius 1 is 1.26 bits per heavy atom. The summed E-state index contributed by atoms with van der Waals surface area (Å²) in [7, 11) is 0. The van der Waals surface area contributed by atoms with E-state index in [0.29, 0.717) is 18.4 Å². The Labute approximate surface area is 132 Å². The van der Waals surface area contributed by atoms with Gasteiger partial charge >= 0.3 is 17.8 Å². The predicted molar refractivity (Wildman–Crippen MR) is 79.4 cm³/mol. The van der Waals surface area contributed by atoms with Crippen LogP contribution in [0.15, 0.2) is 24.3 Å². The van der Waals surface area contributed by atoms with Crippen LogP contribution in [0.5, 0.6) is 5.75 Å². The van der Waals surface area contributed by atoms with Crippen LogP contribution in [0.4, 0.5) is 4.79 Å². The van der Waals surface area contributed by atoms with Crippen molar-refractivity contribution in [2.75, 3.05) is 19.6 Å². The van der Waals surface area contributed by atoms with E-state index in [1.54, 1.807) is 6.92 Å². The highest BCUT2D eigenvalue weighted by atomic mass is 16.3. The third kappa shape index (κ3) is 3.47. The number of piperazine rings is 1. The number of likely N-dealkylation sites (N-methyl/N-ethyl adjacent to an activating group) is 1. The van der Waals surface area contributed by atoms with E-state index < -0.39 is 23.9 Å². The van der Waals surface area contributed by atoms with Gasteiger partial charge in [0, 0.05) is 19.6 Å². The van der Waals surface area contributed by atoms with E-state index in [1.165, 1.54) is 29.2 Å². The van der Waals surface area contributed by atoms with Gasteiger partial charge in [0.05, 0.1) is 0 Å². The van der Waals surface area contributed by atoms with Gasteiger partial charge in [0.1, 0.15) is 18.1 Å². The molecule has 8 nitrogen and oxygen atoms in total. The Bertz CT molecular complexity index is 629. The van der Waals surface area contributed by atoms with Gasteiger partial charge in [-0.1, -0.05) is 12.1 Å². The molecule has 1 aliphatic heterocycles. The third-order valence-corrected chi connectivity index (χ3v) is 3.60. The zero-order valence-corrected chi connectivity index (χ0v) is 12.6. The van der Waals surface area contributed by atoms with Crippen LogP contribution < -0.4 is 5.32 Å². The van der Waals surface area contributed by atoms with Gasteiger partial charge in [0.25, 0.3) is 0 Å². The number of aldehydes is 1. The molecule has 2 N–H and O–H groups in total. The van der Waals surface area contributed by atoms with Gasteiger partial charge in [-0.05, 0) is 24.6 Å². The standard InChI is InChI=1S/C15H17N3O5/c1-2-17-7-8-18(14(22)13(17)21)15(23)16-12(9-19)10-3-5-11(20)6-4-10/h3-6,9,12,20H,2,7-8H2,1H3,(H,16,23). The van der Waals surface area contributed by atoms with Gasteiger partial charge in [-0.25, -0.2) is 4.79 Å². The zero-order valence-electron chi connectivity index (χ0n) is 12.6. The molecule has 0 saturated carbocycles. The highest BCUT2D eigenvalue weighted by Crippen LogP contribution is 2.16. The normalized spacial score (nSPS) is 16.2. The van der Waals surface area contributed by atoms with Gasteiger partial charge in [0.2, 0.25) is 0 Å². The maximum Gasteiger partial charge on any atom is 0.325 e. The minimum atomic E-state index is -0.977. The van der Waals surface area contributed by atoms with Crippen molar-refractivity contribution in [3.63, 3.8) is 0 Å². The van der Waals surface area contributed by atoms with Gasteiger partial charge in [0.15, 0.2) is 0 Å². The van der Waals surface area contributed by atoms with Crippen LogP contribution in [0, 0.1) is 0 Å². The summed E-state index contributed by atoms with van der Waals surface area (Å²) in [5.41, 5.74) is 0.456. The summed E-state index contributed by atoms with van der Waals surface area (Å²) in [6, 6.07) is 3.95. The molecule has 1 heterocycles. The molecule has 1 aromatic rings. The number of imide groups is 1. The van der Waals surface area contributed by atoms with Crippen LogP contribution in [-0.4, -0.2) is 58.7 Å². The van der Waals surface area contributed by atoms with E-state index in [4.69, 9.17) is 0 Å². The first kappa shape index (κ1) is 16.5. The number of amides is 4. The van der Waals surface area contributed by atoms with Crippen molar-refractivity contribution in [3.05, 3.63) is 29.8 Å². The summed E-state index contributed by atoms with van der Waals surface area (Å²) in [5, 5.41) is 11.6. The fourth-order valence-corrected chi connectivity index (χ4v) is 2.26. The largest absolute Gasteiger partial charge is 0.508 e. The Hall–Kier alpha value is -2.90. The molecule has 1 aliphatic rings. The molecule has 122 valence electrons. The number of carbonyl (C=O) groups excluding carboxylic acids is 4. The van der Waals surface area contributed by atoms with Crippen LogP contribution in [0.1, 0.15) is 18.5 Å². The minimum Gasteiger partial charge on any atom is -0.508 e.